The van der Waals surface area contributed by atoms with E-state index in [1.165, 1.54) is 26.0 Å². The highest BCUT2D eigenvalue weighted by atomic mass is 35.5. The number of rotatable bonds is 5. The van der Waals surface area contributed by atoms with Crippen molar-refractivity contribution in [2.45, 2.75) is 39.8 Å². The van der Waals surface area contributed by atoms with Crippen molar-refractivity contribution >= 4 is 29.0 Å². The van der Waals surface area contributed by atoms with Gasteiger partial charge in [-0.1, -0.05) is 23.2 Å². The first kappa shape index (κ1) is 20.8. The third kappa shape index (κ3) is 3.95. The van der Waals surface area contributed by atoms with Gasteiger partial charge in [0.2, 0.25) is 11.7 Å². The number of aromatic nitrogens is 1. The molecule has 1 heterocycles. The Morgan fingerprint density at radius 3 is 2.44 bits per heavy atom. The molecule has 2 rings (SSSR count). The molecule has 0 aliphatic heterocycles. The average Bonchev–Trinajstić information content (AvgIpc) is 2.57. The van der Waals surface area contributed by atoms with Gasteiger partial charge < -0.3 is 9.84 Å². The fraction of sp³-hybridized carbons (Fsp3) is 0.316. The van der Waals surface area contributed by atoms with Gasteiger partial charge in [0.15, 0.2) is 6.10 Å². The quantitative estimate of drug-likeness (QED) is 0.745. The number of carbonyl (C=O) groups excluding carboxylic acids is 1. The van der Waals surface area contributed by atoms with Gasteiger partial charge in [0.05, 0.1) is 10.6 Å². The van der Waals surface area contributed by atoms with E-state index in [1.807, 2.05) is 6.07 Å². The monoisotopic (exact) mass is 408 g/mol. The molecular formula is C19H18Cl2N2O4. The maximum atomic E-state index is 12.9. The Morgan fingerprint density at radius 1 is 1.30 bits per heavy atom. The standard InChI is InChI=1S/C19H18Cl2N2O4/c1-9(2)23-18(25)13(8-22)10(3)16(19(23)26)17(24)11(4)27-15-6-5-12(20)7-14(15)21/h5-7,9,11,26H,1-4H3. The number of Topliss-reactive ketones (excluding diaryl/α,β-unsaturated/α-hetero) is 1. The molecule has 0 bridgehead atoms. The van der Waals surface area contributed by atoms with Crippen molar-refractivity contribution in [2.24, 2.45) is 0 Å². The van der Waals surface area contributed by atoms with Crippen LogP contribution in [0.15, 0.2) is 23.0 Å². The van der Waals surface area contributed by atoms with Crippen molar-refractivity contribution in [1.82, 2.24) is 4.57 Å². The minimum atomic E-state index is -1.03. The summed E-state index contributed by atoms with van der Waals surface area (Å²) in [6.07, 6.45) is -1.03. The minimum absolute atomic E-state index is 0.111. The number of ether oxygens (including phenoxy) is 1. The number of benzene rings is 1. The van der Waals surface area contributed by atoms with Gasteiger partial charge in [-0.25, -0.2) is 0 Å². The van der Waals surface area contributed by atoms with E-state index in [2.05, 4.69) is 0 Å². The molecule has 8 heteroatoms. The number of hydrogen-bond acceptors (Lipinski definition) is 5. The average molecular weight is 409 g/mol. The van der Waals surface area contributed by atoms with Crippen LogP contribution in [0.5, 0.6) is 11.6 Å². The summed E-state index contributed by atoms with van der Waals surface area (Å²) in [4.78, 5) is 25.3. The molecule has 1 aromatic carbocycles. The zero-order chi connectivity index (χ0) is 20.5. The molecule has 1 aromatic heterocycles. The highest BCUT2D eigenvalue weighted by Crippen LogP contribution is 2.30. The van der Waals surface area contributed by atoms with E-state index < -0.39 is 29.4 Å². The highest BCUT2D eigenvalue weighted by Gasteiger charge is 2.29. The van der Waals surface area contributed by atoms with Crippen LogP contribution in [0.1, 0.15) is 48.3 Å². The summed E-state index contributed by atoms with van der Waals surface area (Å²) in [6.45, 7) is 6.27. The van der Waals surface area contributed by atoms with Crippen molar-refractivity contribution in [2.75, 3.05) is 0 Å². The van der Waals surface area contributed by atoms with E-state index in [0.717, 1.165) is 4.57 Å². The number of aromatic hydroxyl groups is 1. The van der Waals surface area contributed by atoms with Gasteiger partial charge in [0, 0.05) is 11.1 Å². The van der Waals surface area contributed by atoms with Crippen LogP contribution >= 0.6 is 23.2 Å². The predicted octanol–water partition coefficient (Wildman–Crippen LogP) is 4.27. The lowest BCUT2D eigenvalue weighted by Crippen LogP contribution is -2.31. The first-order valence-corrected chi connectivity index (χ1v) is 8.89. The summed E-state index contributed by atoms with van der Waals surface area (Å²) in [5, 5.41) is 20.5. The second-order valence-corrected chi connectivity index (χ2v) is 7.12. The number of carbonyl (C=O) groups is 1. The fourth-order valence-corrected chi connectivity index (χ4v) is 3.17. The summed E-state index contributed by atoms with van der Waals surface area (Å²) >= 11 is 11.9. The molecule has 0 saturated heterocycles. The van der Waals surface area contributed by atoms with Gasteiger partial charge in [-0.3, -0.25) is 14.2 Å². The topological polar surface area (TPSA) is 92.3 Å². The lowest BCUT2D eigenvalue weighted by Gasteiger charge is -2.20. The van der Waals surface area contributed by atoms with E-state index in [4.69, 9.17) is 27.9 Å². The second kappa shape index (κ2) is 8.03. The predicted molar refractivity (Wildman–Crippen MR) is 103 cm³/mol. The van der Waals surface area contributed by atoms with Gasteiger partial charge in [0.1, 0.15) is 17.4 Å². The third-order valence-electron chi connectivity index (χ3n) is 4.08. The van der Waals surface area contributed by atoms with Gasteiger partial charge in [-0.2, -0.15) is 5.26 Å². The van der Waals surface area contributed by atoms with Crippen LogP contribution < -0.4 is 10.3 Å². The molecule has 6 nitrogen and oxygen atoms in total. The summed E-state index contributed by atoms with van der Waals surface area (Å²) in [5.74, 6) is -0.826. The van der Waals surface area contributed by atoms with Crippen LogP contribution in [0.2, 0.25) is 10.0 Å². The summed E-state index contributed by atoms with van der Waals surface area (Å²) in [5.41, 5.74) is -0.855. The van der Waals surface area contributed by atoms with E-state index in [0.29, 0.717) is 5.02 Å². The van der Waals surface area contributed by atoms with Gasteiger partial charge in [-0.05, 0) is 51.5 Å². The third-order valence-corrected chi connectivity index (χ3v) is 4.61. The van der Waals surface area contributed by atoms with Crippen molar-refractivity contribution in [1.29, 1.82) is 5.26 Å². The Morgan fingerprint density at radius 2 is 1.93 bits per heavy atom. The molecule has 0 spiro atoms. The molecule has 0 aliphatic carbocycles. The number of halogens is 2. The molecule has 1 unspecified atom stereocenters. The SMILES string of the molecule is Cc1c(C(=O)C(C)Oc2ccc(Cl)cc2Cl)c(O)n(C(C)C)c(=O)c1C#N. The van der Waals surface area contributed by atoms with Crippen molar-refractivity contribution in [3.05, 3.63) is 55.3 Å². The molecule has 142 valence electrons. The zero-order valence-corrected chi connectivity index (χ0v) is 16.7. The smallest absolute Gasteiger partial charge is 0.271 e. The Hall–Kier alpha value is -2.49. The van der Waals surface area contributed by atoms with E-state index in [-0.39, 0.29) is 27.5 Å². The van der Waals surface area contributed by atoms with Crippen molar-refractivity contribution in [3.8, 4) is 17.7 Å². The van der Waals surface area contributed by atoms with E-state index in [9.17, 15) is 20.0 Å². The first-order chi connectivity index (χ1) is 12.6. The lowest BCUT2D eigenvalue weighted by molar-refractivity contribution is 0.0812. The number of hydrogen-bond donors (Lipinski definition) is 1. The molecule has 0 amide bonds. The maximum Gasteiger partial charge on any atom is 0.271 e. The van der Waals surface area contributed by atoms with Crippen LogP contribution in [-0.4, -0.2) is 21.6 Å². The normalized spacial score (nSPS) is 11.9. The van der Waals surface area contributed by atoms with Crippen LogP contribution in [-0.2, 0) is 0 Å². The number of nitrogens with zero attached hydrogens (tertiary/aromatic N) is 2. The summed E-state index contributed by atoms with van der Waals surface area (Å²) < 4.78 is 6.62. The molecule has 2 aromatic rings. The van der Waals surface area contributed by atoms with Crippen LogP contribution in [0.4, 0.5) is 0 Å². The lowest BCUT2D eigenvalue weighted by atomic mass is 9.99. The highest BCUT2D eigenvalue weighted by molar-refractivity contribution is 6.35. The Labute approximate surface area is 166 Å². The largest absolute Gasteiger partial charge is 0.494 e. The van der Waals surface area contributed by atoms with Gasteiger partial charge >= 0.3 is 0 Å². The molecule has 0 fully saturated rings. The zero-order valence-electron chi connectivity index (χ0n) is 15.2. The molecule has 0 radical (unpaired) electrons. The fourth-order valence-electron chi connectivity index (χ4n) is 2.71. The Kier molecular flexibility index (Phi) is 6.19. The summed E-state index contributed by atoms with van der Waals surface area (Å²) in [7, 11) is 0. The first-order valence-electron chi connectivity index (χ1n) is 8.14. The Bertz CT molecular complexity index is 1010. The van der Waals surface area contributed by atoms with Gasteiger partial charge in [0.25, 0.3) is 5.56 Å². The van der Waals surface area contributed by atoms with Crippen molar-refractivity contribution in [3.63, 3.8) is 0 Å². The van der Waals surface area contributed by atoms with E-state index >= 15 is 0 Å². The van der Waals surface area contributed by atoms with Crippen molar-refractivity contribution < 1.29 is 14.6 Å². The van der Waals surface area contributed by atoms with Crippen LogP contribution in [0, 0.1) is 18.3 Å². The van der Waals surface area contributed by atoms with Crippen LogP contribution in [0.25, 0.3) is 0 Å². The number of nitriles is 1. The van der Waals surface area contributed by atoms with Gasteiger partial charge in [-0.15, -0.1) is 0 Å². The molecule has 0 aliphatic rings. The maximum absolute atomic E-state index is 12.9. The molecule has 1 atom stereocenters. The molecule has 27 heavy (non-hydrogen) atoms. The second-order valence-electron chi connectivity index (χ2n) is 6.28. The molecule has 0 saturated carbocycles. The summed E-state index contributed by atoms with van der Waals surface area (Å²) in [6, 6.07) is 5.93. The minimum Gasteiger partial charge on any atom is -0.494 e. The number of pyridine rings is 1. The molecular weight excluding hydrogens is 391 g/mol. The number of ketones is 1. The Balaban J connectivity index is 2.53. The van der Waals surface area contributed by atoms with E-state index in [1.54, 1.807) is 19.9 Å². The van der Waals surface area contributed by atoms with Crippen LogP contribution in [0.3, 0.4) is 0 Å². The molecule has 1 N–H and O–H groups in total.